The van der Waals surface area contributed by atoms with E-state index >= 15 is 0 Å². The van der Waals surface area contributed by atoms with Gasteiger partial charge in [-0.3, -0.25) is 14.5 Å². The van der Waals surface area contributed by atoms with Crippen molar-refractivity contribution in [3.8, 4) is 0 Å². The molecule has 0 aromatic rings. The van der Waals surface area contributed by atoms with Gasteiger partial charge in [0.1, 0.15) is 11.3 Å². The second-order valence-electron chi connectivity index (χ2n) is 6.34. The highest BCUT2D eigenvalue weighted by Crippen LogP contribution is 2.38. The number of carbonyl (C=O) groups is 2. The molecule has 2 N–H and O–H groups in total. The molecule has 6 heteroatoms. The maximum atomic E-state index is 12.5. The van der Waals surface area contributed by atoms with Crippen molar-refractivity contribution in [2.75, 3.05) is 32.7 Å². The summed E-state index contributed by atoms with van der Waals surface area (Å²) in [7, 11) is 0. The molecule has 116 valence electrons. The fourth-order valence-corrected chi connectivity index (χ4v) is 3.53. The third kappa shape index (κ3) is 3.01. The van der Waals surface area contributed by atoms with Crippen molar-refractivity contribution in [2.24, 2.45) is 10.4 Å². The Morgan fingerprint density at radius 2 is 1.71 bits per heavy atom. The third-order valence-corrected chi connectivity index (χ3v) is 4.88. The number of aliphatic imine (C=N–C) groups is 1. The number of hydrogen-bond acceptors (Lipinski definition) is 4. The Labute approximate surface area is 125 Å². The van der Waals surface area contributed by atoms with Gasteiger partial charge in [0.05, 0.1) is 6.54 Å². The maximum absolute atomic E-state index is 12.5. The minimum atomic E-state index is -0.872. The van der Waals surface area contributed by atoms with Crippen molar-refractivity contribution in [1.82, 2.24) is 15.5 Å². The summed E-state index contributed by atoms with van der Waals surface area (Å²) in [5, 5.41) is 6.20. The molecule has 6 nitrogen and oxygen atoms in total. The van der Waals surface area contributed by atoms with Gasteiger partial charge in [-0.15, -0.1) is 0 Å². The molecule has 1 saturated heterocycles. The molecule has 2 amide bonds. The second kappa shape index (κ2) is 6.23. The zero-order chi connectivity index (χ0) is 14.7. The molecule has 1 aliphatic carbocycles. The van der Waals surface area contributed by atoms with Crippen LogP contribution in [0.15, 0.2) is 4.99 Å². The summed E-state index contributed by atoms with van der Waals surface area (Å²) in [6, 6.07) is 0. The molecule has 0 atom stereocenters. The van der Waals surface area contributed by atoms with E-state index in [1.54, 1.807) is 0 Å². The quantitative estimate of drug-likeness (QED) is 0.717. The number of piperazine rings is 1. The van der Waals surface area contributed by atoms with Crippen molar-refractivity contribution in [3.05, 3.63) is 0 Å². The lowest BCUT2D eigenvalue weighted by Gasteiger charge is -2.34. The van der Waals surface area contributed by atoms with Crippen LogP contribution in [0, 0.1) is 5.41 Å². The fraction of sp³-hybridized carbons (Fsp3) is 0.800. The lowest BCUT2D eigenvalue weighted by Crippen LogP contribution is -2.56. The Morgan fingerprint density at radius 1 is 1.05 bits per heavy atom. The molecule has 0 unspecified atom stereocenters. The average Bonchev–Trinajstić information content (AvgIpc) is 2.73. The molecule has 0 bridgehead atoms. The number of nitrogens with one attached hydrogen (secondary N) is 2. The van der Waals surface area contributed by atoms with Crippen molar-refractivity contribution >= 4 is 17.6 Å². The molecule has 2 fully saturated rings. The van der Waals surface area contributed by atoms with Crippen LogP contribution >= 0.6 is 0 Å². The minimum absolute atomic E-state index is 0.116. The van der Waals surface area contributed by atoms with E-state index in [-0.39, 0.29) is 11.8 Å². The van der Waals surface area contributed by atoms with Gasteiger partial charge in [0, 0.05) is 26.2 Å². The summed E-state index contributed by atoms with van der Waals surface area (Å²) in [6.45, 7) is 4.30. The van der Waals surface area contributed by atoms with E-state index in [1.807, 2.05) is 0 Å². The number of amides is 2. The van der Waals surface area contributed by atoms with Crippen LogP contribution in [0.4, 0.5) is 0 Å². The second-order valence-corrected chi connectivity index (χ2v) is 6.34. The first-order valence-corrected chi connectivity index (χ1v) is 8.07. The van der Waals surface area contributed by atoms with Gasteiger partial charge in [0.25, 0.3) is 5.91 Å². The molecule has 2 heterocycles. The Morgan fingerprint density at radius 3 is 2.33 bits per heavy atom. The van der Waals surface area contributed by atoms with Crippen molar-refractivity contribution in [2.45, 2.75) is 38.5 Å². The topological polar surface area (TPSA) is 73.8 Å². The molecule has 3 rings (SSSR count). The van der Waals surface area contributed by atoms with Crippen LogP contribution in [0.25, 0.3) is 0 Å². The van der Waals surface area contributed by atoms with Crippen LogP contribution in [-0.2, 0) is 9.59 Å². The molecular formula is C15H24N4O2. The molecule has 0 aromatic heterocycles. The summed E-state index contributed by atoms with van der Waals surface area (Å²) in [6.07, 6.45) is 5.42. The van der Waals surface area contributed by atoms with Gasteiger partial charge in [-0.1, -0.05) is 25.7 Å². The highest BCUT2D eigenvalue weighted by molar-refractivity contribution is 6.19. The molecule has 0 aromatic carbocycles. The minimum Gasteiger partial charge on any atom is -0.314 e. The zero-order valence-corrected chi connectivity index (χ0v) is 12.5. The van der Waals surface area contributed by atoms with E-state index in [4.69, 9.17) is 0 Å². The molecule has 3 aliphatic rings. The van der Waals surface area contributed by atoms with E-state index < -0.39 is 5.41 Å². The molecule has 2 aliphatic heterocycles. The van der Waals surface area contributed by atoms with E-state index in [9.17, 15) is 9.59 Å². The monoisotopic (exact) mass is 292 g/mol. The van der Waals surface area contributed by atoms with E-state index in [0.717, 1.165) is 51.9 Å². The predicted octanol–water partition coefficient (Wildman–Crippen LogP) is 0.287. The molecule has 1 spiro atoms. The highest BCUT2D eigenvalue weighted by atomic mass is 16.2. The summed E-state index contributed by atoms with van der Waals surface area (Å²) in [5.74, 6) is 0.203. The summed E-state index contributed by atoms with van der Waals surface area (Å²) >= 11 is 0. The average molecular weight is 292 g/mol. The SMILES string of the molecule is O=C1N=C(CN2CCNCC2)NC(=O)C12CCCCCC2. The van der Waals surface area contributed by atoms with Gasteiger partial charge >= 0.3 is 0 Å². The lowest BCUT2D eigenvalue weighted by atomic mass is 9.77. The summed E-state index contributed by atoms with van der Waals surface area (Å²) in [5.41, 5.74) is -0.872. The molecular weight excluding hydrogens is 268 g/mol. The first kappa shape index (κ1) is 14.7. The Kier molecular flexibility index (Phi) is 4.35. The van der Waals surface area contributed by atoms with Gasteiger partial charge in [0.15, 0.2) is 0 Å². The number of rotatable bonds is 2. The van der Waals surface area contributed by atoms with Gasteiger partial charge in [-0.05, 0) is 12.8 Å². The van der Waals surface area contributed by atoms with Gasteiger partial charge < -0.3 is 10.6 Å². The van der Waals surface area contributed by atoms with Crippen molar-refractivity contribution < 1.29 is 9.59 Å². The molecule has 21 heavy (non-hydrogen) atoms. The third-order valence-electron chi connectivity index (χ3n) is 4.88. The van der Waals surface area contributed by atoms with Gasteiger partial charge in [0.2, 0.25) is 5.91 Å². The van der Waals surface area contributed by atoms with Crippen LogP contribution in [0.2, 0.25) is 0 Å². The van der Waals surface area contributed by atoms with Crippen molar-refractivity contribution in [1.29, 1.82) is 0 Å². The number of amidine groups is 1. The van der Waals surface area contributed by atoms with Crippen LogP contribution in [0.5, 0.6) is 0 Å². The van der Waals surface area contributed by atoms with Crippen molar-refractivity contribution in [3.63, 3.8) is 0 Å². The molecule has 1 saturated carbocycles. The van der Waals surface area contributed by atoms with E-state index in [1.165, 1.54) is 0 Å². The lowest BCUT2D eigenvalue weighted by molar-refractivity contribution is -0.142. The Balaban J connectivity index is 1.71. The number of carbonyl (C=O) groups excluding carboxylic acids is 2. The smallest absolute Gasteiger partial charge is 0.263 e. The van der Waals surface area contributed by atoms with Crippen LogP contribution in [0.1, 0.15) is 38.5 Å². The number of nitrogens with zero attached hydrogens (tertiary/aromatic N) is 2. The van der Waals surface area contributed by atoms with E-state index in [0.29, 0.717) is 25.2 Å². The van der Waals surface area contributed by atoms with Crippen LogP contribution < -0.4 is 10.6 Å². The summed E-state index contributed by atoms with van der Waals surface area (Å²) < 4.78 is 0. The van der Waals surface area contributed by atoms with E-state index in [2.05, 4.69) is 20.5 Å². The first-order valence-electron chi connectivity index (χ1n) is 8.07. The fourth-order valence-electron chi connectivity index (χ4n) is 3.53. The normalized spacial score (nSPS) is 27.1. The summed E-state index contributed by atoms with van der Waals surface area (Å²) in [4.78, 5) is 31.5. The van der Waals surface area contributed by atoms with Gasteiger partial charge in [-0.2, -0.15) is 4.99 Å². The largest absolute Gasteiger partial charge is 0.314 e. The highest BCUT2D eigenvalue weighted by Gasteiger charge is 2.48. The Hall–Kier alpha value is -1.27. The standard InChI is InChI=1S/C15H24N4O2/c20-13-15(5-3-1-2-4-6-15)14(21)18-12(17-13)11-19-9-7-16-8-10-19/h16H,1-11H2,(H,17,18,20,21). The zero-order valence-electron chi connectivity index (χ0n) is 12.5. The molecule has 0 radical (unpaired) electrons. The van der Waals surface area contributed by atoms with Crippen LogP contribution in [0.3, 0.4) is 0 Å². The van der Waals surface area contributed by atoms with Gasteiger partial charge in [-0.25, -0.2) is 0 Å². The number of hydrogen-bond donors (Lipinski definition) is 2. The first-order chi connectivity index (χ1) is 10.2. The maximum Gasteiger partial charge on any atom is 0.263 e. The Bertz CT molecular complexity index is 447. The predicted molar refractivity (Wildman–Crippen MR) is 80.0 cm³/mol. The van der Waals surface area contributed by atoms with Crippen LogP contribution in [-0.4, -0.2) is 55.3 Å².